The number of carboxylic acids is 1. The van der Waals surface area contributed by atoms with Crippen LogP contribution < -0.4 is 10.6 Å². The number of carboxylic acid groups (broad SMARTS) is 1. The lowest BCUT2D eigenvalue weighted by Crippen LogP contribution is -2.51. The lowest BCUT2D eigenvalue weighted by molar-refractivity contribution is -0.155. The average molecular weight is 246 g/mol. The fourth-order valence-electron chi connectivity index (χ4n) is 1.41. The van der Waals surface area contributed by atoms with Gasteiger partial charge in [0.05, 0.1) is 6.54 Å². The zero-order valence-corrected chi connectivity index (χ0v) is 9.73. The first-order valence-corrected chi connectivity index (χ1v) is 5.50. The highest BCUT2D eigenvalue weighted by atomic mass is 16.5. The minimum atomic E-state index is -1.95. The summed E-state index contributed by atoms with van der Waals surface area (Å²) in [5, 5.41) is 23.0. The zero-order valence-electron chi connectivity index (χ0n) is 9.73. The van der Waals surface area contributed by atoms with Crippen molar-refractivity contribution in [2.24, 2.45) is 0 Å². The van der Waals surface area contributed by atoms with E-state index in [1.54, 1.807) is 0 Å². The van der Waals surface area contributed by atoms with Crippen LogP contribution in [0.2, 0.25) is 0 Å². The third-order valence-corrected chi connectivity index (χ3v) is 2.61. The van der Waals surface area contributed by atoms with E-state index in [2.05, 4.69) is 10.6 Å². The number of aliphatic hydroxyl groups is 1. The van der Waals surface area contributed by atoms with E-state index in [4.69, 9.17) is 9.84 Å². The maximum absolute atomic E-state index is 11.4. The number of carbonyl (C=O) groups is 2. The average Bonchev–Trinajstić information content (AvgIpc) is 2.28. The van der Waals surface area contributed by atoms with Crippen LogP contribution in [-0.2, 0) is 9.53 Å². The van der Waals surface area contributed by atoms with Crippen LogP contribution in [0, 0.1) is 0 Å². The van der Waals surface area contributed by atoms with Gasteiger partial charge in [-0.2, -0.15) is 0 Å². The van der Waals surface area contributed by atoms with Gasteiger partial charge in [-0.15, -0.1) is 0 Å². The van der Waals surface area contributed by atoms with Crippen molar-refractivity contribution in [3.05, 3.63) is 0 Å². The molecule has 1 aliphatic rings. The van der Waals surface area contributed by atoms with Crippen LogP contribution in [0.3, 0.4) is 0 Å². The van der Waals surface area contributed by atoms with Gasteiger partial charge in [0.2, 0.25) is 0 Å². The van der Waals surface area contributed by atoms with Crippen molar-refractivity contribution < 1.29 is 24.5 Å². The van der Waals surface area contributed by atoms with Crippen molar-refractivity contribution in [3.8, 4) is 0 Å². The standard InChI is InChI=1S/C10H18N2O5/c1-10(16,8(13)14)6-11-9(15)12-7-2-4-17-5-3-7/h7,16H,2-6H2,1H3,(H,13,14)(H2,11,12,15). The minimum Gasteiger partial charge on any atom is -0.479 e. The molecule has 4 N–H and O–H groups in total. The largest absolute Gasteiger partial charge is 0.479 e. The summed E-state index contributed by atoms with van der Waals surface area (Å²) in [5.74, 6) is -1.37. The third-order valence-electron chi connectivity index (χ3n) is 2.61. The van der Waals surface area contributed by atoms with Gasteiger partial charge >= 0.3 is 12.0 Å². The SMILES string of the molecule is CC(O)(CNC(=O)NC1CCOCC1)C(=O)O. The summed E-state index contributed by atoms with van der Waals surface area (Å²) in [5.41, 5.74) is -1.95. The van der Waals surface area contributed by atoms with E-state index in [9.17, 15) is 14.7 Å². The summed E-state index contributed by atoms with van der Waals surface area (Å²) in [7, 11) is 0. The molecular formula is C10H18N2O5. The fourth-order valence-corrected chi connectivity index (χ4v) is 1.41. The van der Waals surface area contributed by atoms with Gasteiger partial charge in [-0.25, -0.2) is 9.59 Å². The molecule has 2 amide bonds. The van der Waals surface area contributed by atoms with Crippen molar-refractivity contribution >= 4 is 12.0 Å². The maximum Gasteiger partial charge on any atom is 0.337 e. The van der Waals surface area contributed by atoms with Gasteiger partial charge in [0.25, 0.3) is 0 Å². The Bertz CT molecular complexity index is 286. The fraction of sp³-hybridized carbons (Fsp3) is 0.800. The quantitative estimate of drug-likeness (QED) is 0.524. The number of rotatable bonds is 4. The molecule has 1 unspecified atom stereocenters. The normalized spacial score (nSPS) is 20.4. The molecule has 98 valence electrons. The minimum absolute atomic E-state index is 0.0403. The molecule has 0 spiro atoms. The maximum atomic E-state index is 11.4. The lowest BCUT2D eigenvalue weighted by atomic mass is 10.1. The Morgan fingerprint density at radius 2 is 2.00 bits per heavy atom. The highest BCUT2D eigenvalue weighted by molar-refractivity contribution is 5.79. The van der Waals surface area contributed by atoms with Gasteiger partial charge in [0, 0.05) is 19.3 Å². The Morgan fingerprint density at radius 3 is 2.53 bits per heavy atom. The Hall–Kier alpha value is -1.34. The van der Waals surface area contributed by atoms with E-state index in [1.165, 1.54) is 0 Å². The molecule has 1 fully saturated rings. The molecule has 0 aromatic heterocycles. The summed E-state index contributed by atoms with van der Waals surface area (Å²) in [6.07, 6.45) is 1.48. The van der Waals surface area contributed by atoms with E-state index >= 15 is 0 Å². The number of ether oxygens (including phenoxy) is 1. The van der Waals surface area contributed by atoms with Gasteiger partial charge in [-0.3, -0.25) is 0 Å². The van der Waals surface area contributed by atoms with Gasteiger partial charge in [0.15, 0.2) is 5.60 Å². The van der Waals surface area contributed by atoms with Crippen molar-refractivity contribution in [1.29, 1.82) is 0 Å². The Balaban J connectivity index is 2.27. The third kappa shape index (κ3) is 4.58. The van der Waals surface area contributed by atoms with E-state index in [0.29, 0.717) is 13.2 Å². The molecule has 1 aliphatic heterocycles. The van der Waals surface area contributed by atoms with Crippen LogP contribution >= 0.6 is 0 Å². The number of hydrogen-bond donors (Lipinski definition) is 4. The van der Waals surface area contributed by atoms with Crippen LogP contribution in [0.5, 0.6) is 0 Å². The van der Waals surface area contributed by atoms with Crippen LogP contribution in [-0.4, -0.2) is 53.6 Å². The zero-order chi connectivity index (χ0) is 12.9. The number of hydrogen-bond acceptors (Lipinski definition) is 4. The van der Waals surface area contributed by atoms with Crippen molar-refractivity contribution in [1.82, 2.24) is 10.6 Å². The summed E-state index contributed by atoms with van der Waals surface area (Å²) < 4.78 is 5.14. The van der Waals surface area contributed by atoms with Gasteiger partial charge < -0.3 is 25.6 Å². The second kappa shape index (κ2) is 5.83. The first-order chi connectivity index (χ1) is 7.92. The molecule has 0 aromatic carbocycles. The van der Waals surface area contributed by atoms with Crippen molar-refractivity contribution in [2.75, 3.05) is 19.8 Å². The molecule has 0 saturated carbocycles. The summed E-state index contributed by atoms with van der Waals surface area (Å²) in [6.45, 7) is 2.01. The Kier molecular flexibility index (Phi) is 4.71. The molecule has 17 heavy (non-hydrogen) atoms. The number of urea groups is 1. The summed E-state index contributed by atoms with van der Waals surface area (Å²) in [6, 6.07) is -0.433. The Labute approximate surface area is 99.1 Å². The predicted octanol–water partition coefficient (Wildman–Crippen LogP) is -0.700. The molecule has 1 saturated heterocycles. The van der Waals surface area contributed by atoms with Gasteiger partial charge in [-0.1, -0.05) is 0 Å². The lowest BCUT2D eigenvalue weighted by Gasteiger charge is -2.24. The Morgan fingerprint density at radius 1 is 1.41 bits per heavy atom. The molecule has 0 aliphatic carbocycles. The van der Waals surface area contributed by atoms with Crippen LogP contribution in [0.15, 0.2) is 0 Å². The highest BCUT2D eigenvalue weighted by Gasteiger charge is 2.30. The topological polar surface area (TPSA) is 108 Å². The smallest absolute Gasteiger partial charge is 0.337 e. The molecule has 1 rings (SSSR count). The predicted molar refractivity (Wildman–Crippen MR) is 58.6 cm³/mol. The highest BCUT2D eigenvalue weighted by Crippen LogP contribution is 2.06. The monoisotopic (exact) mass is 246 g/mol. The molecule has 7 nitrogen and oxygen atoms in total. The van der Waals surface area contributed by atoms with E-state index < -0.39 is 17.6 Å². The van der Waals surface area contributed by atoms with Crippen molar-refractivity contribution in [2.45, 2.75) is 31.4 Å². The van der Waals surface area contributed by atoms with E-state index in [1.807, 2.05) is 0 Å². The van der Waals surface area contributed by atoms with E-state index in [0.717, 1.165) is 19.8 Å². The second-order valence-electron chi connectivity index (χ2n) is 4.29. The van der Waals surface area contributed by atoms with Crippen molar-refractivity contribution in [3.63, 3.8) is 0 Å². The molecule has 0 bridgehead atoms. The first kappa shape index (κ1) is 13.7. The molecule has 1 heterocycles. The number of carbonyl (C=O) groups excluding carboxylic acids is 1. The molecule has 0 aromatic rings. The van der Waals surface area contributed by atoms with Gasteiger partial charge in [-0.05, 0) is 19.8 Å². The summed E-state index contributed by atoms with van der Waals surface area (Å²) in [4.78, 5) is 22.0. The van der Waals surface area contributed by atoms with Crippen LogP contribution in [0.25, 0.3) is 0 Å². The van der Waals surface area contributed by atoms with E-state index in [-0.39, 0.29) is 12.6 Å². The second-order valence-corrected chi connectivity index (χ2v) is 4.29. The molecule has 1 atom stereocenters. The van der Waals surface area contributed by atoms with Crippen LogP contribution in [0.1, 0.15) is 19.8 Å². The number of nitrogens with one attached hydrogen (secondary N) is 2. The number of aliphatic carboxylic acids is 1. The van der Waals surface area contributed by atoms with Crippen LogP contribution in [0.4, 0.5) is 4.79 Å². The first-order valence-electron chi connectivity index (χ1n) is 5.50. The van der Waals surface area contributed by atoms with Gasteiger partial charge in [0.1, 0.15) is 0 Å². The summed E-state index contributed by atoms with van der Waals surface area (Å²) >= 11 is 0. The molecular weight excluding hydrogens is 228 g/mol. The number of amides is 2. The molecule has 7 heteroatoms. The molecule has 0 radical (unpaired) electrons.